The molecular formula is C22H20N2O3. The third-order valence-corrected chi connectivity index (χ3v) is 3.95. The maximum Gasteiger partial charge on any atom is 0.275 e. The van der Waals surface area contributed by atoms with Crippen LogP contribution in [-0.4, -0.2) is 17.2 Å². The van der Waals surface area contributed by atoms with Crippen LogP contribution < -0.4 is 10.2 Å². The number of aryl methyl sites for hydroxylation is 1. The summed E-state index contributed by atoms with van der Waals surface area (Å²) >= 11 is 0. The van der Waals surface area contributed by atoms with Crippen LogP contribution in [0.15, 0.2) is 77.9 Å². The molecule has 0 heterocycles. The Morgan fingerprint density at radius 2 is 1.74 bits per heavy atom. The van der Waals surface area contributed by atoms with E-state index in [0.29, 0.717) is 12.4 Å². The van der Waals surface area contributed by atoms with Crippen LogP contribution in [0.2, 0.25) is 0 Å². The fourth-order valence-corrected chi connectivity index (χ4v) is 2.45. The van der Waals surface area contributed by atoms with Gasteiger partial charge in [0, 0.05) is 5.56 Å². The van der Waals surface area contributed by atoms with Crippen molar-refractivity contribution in [2.24, 2.45) is 5.10 Å². The van der Waals surface area contributed by atoms with Gasteiger partial charge >= 0.3 is 0 Å². The monoisotopic (exact) mass is 360 g/mol. The molecule has 3 rings (SSSR count). The van der Waals surface area contributed by atoms with Gasteiger partial charge in [-0.25, -0.2) is 5.43 Å². The molecule has 27 heavy (non-hydrogen) atoms. The summed E-state index contributed by atoms with van der Waals surface area (Å²) in [4.78, 5) is 12.1. The van der Waals surface area contributed by atoms with Crippen molar-refractivity contribution in [2.45, 2.75) is 13.5 Å². The Bertz CT molecular complexity index is 950. The van der Waals surface area contributed by atoms with Gasteiger partial charge in [-0.2, -0.15) is 5.10 Å². The highest BCUT2D eigenvalue weighted by Gasteiger charge is 2.08. The zero-order valence-electron chi connectivity index (χ0n) is 14.9. The van der Waals surface area contributed by atoms with Gasteiger partial charge in [-0.1, -0.05) is 54.1 Å². The fourth-order valence-electron chi connectivity index (χ4n) is 2.45. The molecule has 2 N–H and O–H groups in total. The van der Waals surface area contributed by atoms with Crippen LogP contribution in [0.4, 0.5) is 0 Å². The van der Waals surface area contributed by atoms with Gasteiger partial charge in [-0.05, 0) is 36.8 Å². The molecule has 0 aromatic heterocycles. The molecule has 0 saturated carbocycles. The van der Waals surface area contributed by atoms with Crippen molar-refractivity contribution < 1.29 is 14.6 Å². The van der Waals surface area contributed by atoms with Crippen molar-refractivity contribution in [3.63, 3.8) is 0 Å². The number of hydrogen-bond acceptors (Lipinski definition) is 4. The van der Waals surface area contributed by atoms with Crippen LogP contribution in [0.25, 0.3) is 0 Å². The van der Waals surface area contributed by atoms with E-state index < -0.39 is 5.91 Å². The molecule has 3 aromatic rings. The number of phenols is 1. The van der Waals surface area contributed by atoms with Crippen molar-refractivity contribution in [3.8, 4) is 11.5 Å². The van der Waals surface area contributed by atoms with Crippen LogP contribution in [0.5, 0.6) is 11.5 Å². The predicted octanol–water partition coefficient (Wildman–Crippen LogP) is 4.04. The molecule has 0 fully saturated rings. The lowest BCUT2D eigenvalue weighted by atomic mass is 10.1. The Balaban J connectivity index is 1.65. The van der Waals surface area contributed by atoms with E-state index >= 15 is 0 Å². The number of phenolic OH excluding ortho intramolecular Hbond substituents is 1. The van der Waals surface area contributed by atoms with Crippen molar-refractivity contribution in [1.29, 1.82) is 0 Å². The molecule has 0 aliphatic heterocycles. The van der Waals surface area contributed by atoms with E-state index in [-0.39, 0.29) is 11.3 Å². The number of benzene rings is 3. The number of para-hydroxylation sites is 2. The van der Waals surface area contributed by atoms with Gasteiger partial charge in [0.25, 0.3) is 5.91 Å². The summed E-state index contributed by atoms with van der Waals surface area (Å²) in [5.74, 6) is 0.0908. The smallest absolute Gasteiger partial charge is 0.275 e. The number of nitrogens with one attached hydrogen (secondary N) is 1. The molecule has 0 atom stereocenters. The first-order chi connectivity index (χ1) is 13.1. The summed E-state index contributed by atoms with van der Waals surface area (Å²) < 4.78 is 5.88. The topological polar surface area (TPSA) is 70.9 Å². The molecular weight excluding hydrogens is 340 g/mol. The minimum atomic E-state index is -0.484. The van der Waals surface area contributed by atoms with Gasteiger partial charge in [0.2, 0.25) is 0 Å². The van der Waals surface area contributed by atoms with Gasteiger partial charge in [-0.15, -0.1) is 0 Å². The normalized spacial score (nSPS) is 10.7. The molecule has 0 unspecified atom stereocenters. The van der Waals surface area contributed by atoms with E-state index in [4.69, 9.17) is 4.74 Å². The summed E-state index contributed by atoms with van der Waals surface area (Å²) in [6.07, 6.45) is 1.52. The number of hydrogen-bond donors (Lipinski definition) is 2. The highest BCUT2D eigenvalue weighted by molar-refractivity contribution is 5.97. The van der Waals surface area contributed by atoms with Gasteiger partial charge < -0.3 is 9.84 Å². The molecule has 5 nitrogen and oxygen atoms in total. The second kappa shape index (κ2) is 8.67. The molecule has 3 aromatic carbocycles. The zero-order valence-corrected chi connectivity index (χ0v) is 14.9. The number of amides is 1. The predicted molar refractivity (Wildman–Crippen MR) is 105 cm³/mol. The molecule has 0 aliphatic carbocycles. The molecule has 0 saturated heterocycles. The number of aromatic hydroxyl groups is 1. The van der Waals surface area contributed by atoms with Crippen LogP contribution in [0.3, 0.4) is 0 Å². The van der Waals surface area contributed by atoms with Crippen LogP contribution in [-0.2, 0) is 6.61 Å². The fraction of sp³-hybridized carbons (Fsp3) is 0.0909. The highest BCUT2D eigenvalue weighted by Crippen LogP contribution is 2.18. The first kappa shape index (κ1) is 18.2. The third-order valence-electron chi connectivity index (χ3n) is 3.95. The molecule has 0 spiro atoms. The number of hydrazone groups is 1. The Kier molecular flexibility index (Phi) is 5.84. The lowest BCUT2D eigenvalue weighted by Gasteiger charge is -2.09. The lowest BCUT2D eigenvalue weighted by molar-refractivity contribution is 0.0952. The van der Waals surface area contributed by atoms with Crippen LogP contribution in [0.1, 0.15) is 27.0 Å². The van der Waals surface area contributed by atoms with Gasteiger partial charge in [0.15, 0.2) is 0 Å². The Labute approximate surface area is 157 Å². The van der Waals surface area contributed by atoms with Gasteiger partial charge in [0.1, 0.15) is 18.1 Å². The summed E-state index contributed by atoms with van der Waals surface area (Å²) in [6, 6.07) is 21.9. The van der Waals surface area contributed by atoms with E-state index in [0.717, 1.165) is 11.1 Å². The summed E-state index contributed by atoms with van der Waals surface area (Å²) in [5, 5.41) is 13.7. The second-order valence-electron chi connectivity index (χ2n) is 6.03. The standard InChI is InChI=1S/C22H20N2O3/c1-16-10-12-17(13-11-16)15-27-21-9-5-2-6-18(21)14-23-24-22(26)19-7-3-4-8-20(19)25/h2-14,25H,15H2,1H3,(H,24,26)/b23-14-. The molecule has 0 aliphatic rings. The average molecular weight is 360 g/mol. The second-order valence-corrected chi connectivity index (χ2v) is 6.03. The summed E-state index contributed by atoms with van der Waals surface area (Å²) in [5.41, 5.74) is 5.58. The van der Waals surface area contributed by atoms with Crippen LogP contribution in [0, 0.1) is 6.92 Å². The van der Waals surface area contributed by atoms with E-state index in [2.05, 4.69) is 10.5 Å². The minimum absolute atomic E-state index is 0.0907. The van der Waals surface area contributed by atoms with Crippen molar-refractivity contribution >= 4 is 12.1 Å². The SMILES string of the molecule is Cc1ccc(COc2ccccc2/C=N\NC(=O)c2ccccc2O)cc1. The van der Waals surface area contributed by atoms with Crippen molar-refractivity contribution in [2.75, 3.05) is 0 Å². The zero-order chi connectivity index (χ0) is 19.1. The van der Waals surface area contributed by atoms with E-state index in [9.17, 15) is 9.90 Å². The number of carbonyl (C=O) groups is 1. The number of rotatable bonds is 6. The van der Waals surface area contributed by atoms with E-state index in [1.807, 2.05) is 55.5 Å². The van der Waals surface area contributed by atoms with E-state index in [1.54, 1.807) is 12.1 Å². The maximum atomic E-state index is 12.1. The quantitative estimate of drug-likeness (QED) is 0.515. The molecule has 1 amide bonds. The number of ether oxygens (including phenoxy) is 1. The maximum absolute atomic E-state index is 12.1. The Morgan fingerprint density at radius 1 is 1.04 bits per heavy atom. The first-order valence-corrected chi connectivity index (χ1v) is 8.52. The molecule has 136 valence electrons. The van der Waals surface area contributed by atoms with E-state index in [1.165, 1.54) is 23.9 Å². The summed E-state index contributed by atoms with van der Waals surface area (Å²) in [7, 11) is 0. The molecule has 0 radical (unpaired) electrons. The van der Waals surface area contributed by atoms with Crippen molar-refractivity contribution in [1.82, 2.24) is 5.43 Å². The average Bonchev–Trinajstić information content (AvgIpc) is 2.68. The molecule has 0 bridgehead atoms. The number of carbonyl (C=O) groups excluding carboxylic acids is 1. The third kappa shape index (κ3) is 4.95. The van der Waals surface area contributed by atoms with Gasteiger partial charge in [0.05, 0.1) is 11.8 Å². The summed E-state index contributed by atoms with van der Waals surface area (Å²) in [6.45, 7) is 2.48. The largest absolute Gasteiger partial charge is 0.507 e. The number of nitrogens with zero attached hydrogens (tertiary/aromatic N) is 1. The first-order valence-electron chi connectivity index (χ1n) is 8.52. The minimum Gasteiger partial charge on any atom is -0.507 e. The van der Waals surface area contributed by atoms with Crippen LogP contribution >= 0.6 is 0 Å². The molecule has 5 heteroatoms. The highest BCUT2D eigenvalue weighted by atomic mass is 16.5. The Hall–Kier alpha value is -3.60. The lowest BCUT2D eigenvalue weighted by Crippen LogP contribution is -2.17. The van der Waals surface area contributed by atoms with Crippen molar-refractivity contribution in [3.05, 3.63) is 95.1 Å². The van der Waals surface area contributed by atoms with Gasteiger partial charge in [-0.3, -0.25) is 4.79 Å². The Morgan fingerprint density at radius 3 is 2.52 bits per heavy atom.